The van der Waals surface area contributed by atoms with Crippen LogP contribution in [0.3, 0.4) is 0 Å². The van der Waals surface area contributed by atoms with Crippen molar-refractivity contribution in [2.24, 2.45) is 11.8 Å². The molecule has 1 saturated heterocycles. The van der Waals surface area contributed by atoms with Gasteiger partial charge in [0.2, 0.25) is 5.91 Å². The molecule has 2 aromatic heterocycles. The maximum atomic E-state index is 13.3. The molecular formula is C26H32N4O3S. The summed E-state index contributed by atoms with van der Waals surface area (Å²) in [6.07, 6.45) is 2.51. The lowest BCUT2D eigenvalue weighted by molar-refractivity contribution is -0.116. The number of benzene rings is 1. The monoisotopic (exact) mass is 480 g/mol. The number of carbonyl (C=O) groups is 2. The smallest absolute Gasteiger partial charge is 0.264 e. The third-order valence-electron chi connectivity index (χ3n) is 6.44. The zero-order chi connectivity index (χ0) is 24.6. The minimum Gasteiger partial charge on any atom is -0.337 e. The first-order valence-corrected chi connectivity index (χ1v) is 12.6. The summed E-state index contributed by atoms with van der Waals surface area (Å²) in [6, 6.07) is 7.69. The highest BCUT2D eigenvalue weighted by atomic mass is 32.1. The van der Waals surface area contributed by atoms with Gasteiger partial charge >= 0.3 is 0 Å². The summed E-state index contributed by atoms with van der Waals surface area (Å²) in [4.78, 5) is 46.5. The van der Waals surface area contributed by atoms with Gasteiger partial charge in [-0.3, -0.25) is 19.0 Å². The van der Waals surface area contributed by atoms with E-state index in [2.05, 4.69) is 38.0 Å². The average Bonchev–Trinajstić information content (AvgIpc) is 3.12. The number of nitrogens with zero attached hydrogens (tertiary/aromatic N) is 3. The fourth-order valence-electron chi connectivity index (χ4n) is 4.75. The molecule has 3 heterocycles. The van der Waals surface area contributed by atoms with Crippen molar-refractivity contribution < 1.29 is 9.59 Å². The van der Waals surface area contributed by atoms with Gasteiger partial charge in [0.05, 0.1) is 16.6 Å². The lowest BCUT2D eigenvalue weighted by Gasteiger charge is -2.34. The van der Waals surface area contributed by atoms with Gasteiger partial charge in [0, 0.05) is 18.8 Å². The standard InChI is InChI=1S/C26H32N4O3S/c1-15(2)19-6-8-20(9-7-19)28-21(31)13-30-14-27-24-22(25(30)32)18(5)23(34-24)26(33)29-11-16(3)10-17(4)12-29/h6-9,14-17H,10-13H2,1-5H3,(H,28,31). The predicted octanol–water partition coefficient (Wildman–Crippen LogP) is 4.65. The Hall–Kier alpha value is -3.00. The van der Waals surface area contributed by atoms with Crippen LogP contribution >= 0.6 is 11.3 Å². The summed E-state index contributed by atoms with van der Waals surface area (Å²) in [6.45, 7) is 11.7. The molecule has 2 atom stereocenters. The summed E-state index contributed by atoms with van der Waals surface area (Å²) in [5, 5.41) is 3.26. The Morgan fingerprint density at radius 2 is 1.79 bits per heavy atom. The SMILES string of the molecule is Cc1c(C(=O)N2CC(C)CC(C)C2)sc2ncn(CC(=O)Nc3ccc(C(C)C)cc3)c(=O)c12. The molecule has 3 aromatic rings. The predicted molar refractivity (Wildman–Crippen MR) is 137 cm³/mol. The van der Waals surface area contributed by atoms with E-state index in [9.17, 15) is 14.4 Å². The lowest BCUT2D eigenvalue weighted by atomic mass is 9.92. The zero-order valence-electron chi connectivity index (χ0n) is 20.4. The molecule has 0 spiro atoms. The molecule has 1 aliphatic heterocycles. The minimum absolute atomic E-state index is 0.0348. The van der Waals surface area contributed by atoms with Crippen molar-refractivity contribution in [3.8, 4) is 0 Å². The van der Waals surface area contributed by atoms with E-state index in [4.69, 9.17) is 0 Å². The Morgan fingerprint density at radius 1 is 1.15 bits per heavy atom. The Bertz CT molecular complexity index is 1270. The summed E-state index contributed by atoms with van der Waals surface area (Å²) in [5.74, 6) is 0.984. The van der Waals surface area contributed by atoms with Crippen molar-refractivity contribution in [1.29, 1.82) is 0 Å². The fraction of sp³-hybridized carbons (Fsp3) is 0.462. The topological polar surface area (TPSA) is 84.3 Å². The molecule has 1 aliphatic rings. The summed E-state index contributed by atoms with van der Waals surface area (Å²) >= 11 is 1.26. The van der Waals surface area contributed by atoms with Crippen LogP contribution < -0.4 is 10.9 Å². The highest BCUT2D eigenvalue weighted by molar-refractivity contribution is 7.20. The van der Waals surface area contributed by atoms with Crippen LogP contribution in [0.15, 0.2) is 35.4 Å². The van der Waals surface area contributed by atoms with Crippen LogP contribution in [0.25, 0.3) is 10.2 Å². The molecule has 1 aromatic carbocycles. The Balaban J connectivity index is 1.54. The summed E-state index contributed by atoms with van der Waals surface area (Å²) in [5.41, 5.74) is 2.22. The molecule has 2 amide bonds. The Morgan fingerprint density at radius 3 is 2.41 bits per heavy atom. The number of piperidine rings is 1. The number of nitrogens with one attached hydrogen (secondary N) is 1. The second kappa shape index (κ2) is 9.70. The third kappa shape index (κ3) is 4.92. The van der Waals surface area contributed by atoms with Crippen molar-refractivity contribution in [3.05, 3.63) is 57.0 Å². The number of rotatable bonds is 5. The summed E-state index contributed by atoms with van der Waals surface area (Å²) < 4.78 is 1.30. The first kappa shape index (κ1) is 24.1. The molecule has 8 heteroatoms. The van der Waals surface area contributed by atoms with Crippen LogP contribution in [0.4, 0.5) is 5.69 Å². The number of aromatic nitrogens is 2. The minimum atomic E-state index is -0.305. The number of carbonyl (C=O) groups excluding carboxylic acids is 2. The second-order valence-corrected chi connectivity index (χ2v) is 10.9. The fourth-order valence-corrected chi connectivity index (χ4v) is 5.86. The molecule has 1 N–H and O–H groups in total. The van der Waals surface area contributed by atoms with Gasteiger partial charge in [-0.2, -0.15) is 0 Å². The van der Waals surface area contributed by atoms with E-state index in [0.717, 1.165) is 19.5 Å². The molecule has 34 heavy (non-hydrogen) atoms. The number of amides is 2. The largest absolute Gasteiger partial charge is 0.337 e. The maximum absolute atomic E-state index is 13.3. The zero-order valence-corrected chi connectivity index (χ0v) is 21.2. The van der Waals surface area contributed by atoms with Crippen LogP contribution in [0, 0.1) is 18.8 Å². The van der Waals surface area contributed by atoms with Crippen molar-refractivity contribution >= 4 is 39.1 Å². The Kier molecular flexibility index (Phi) is 6.89. The number of likely N-dealkylation sites (tertiary alicyclic amines) is 1. The third-order valence-corrected chi connectivity index (χ3v) is 7.63. The molecule has 0 saturated carbocycles. The molecule has 4 rings (SSSR count). The van der Waals surface area contributed by atoms with Crippen molar-refractivity contribution in [1.82, 2.24) is 14.5 Å². The van der Waals surface area contributed by atoms with E-state index in [1.54, 1.807) is 6.92 Å². The highest BCUT2D eigenvalue weighted by Crippen LogP contribution is 2.30. The number of anilines is 1. The van der Waals surface area contributed by atoms with E-state index in [-0.39, 0.29) is 23.9 Å². The van der Waals surface area contributed by atoms with Gasteiger partial charge in [0.1, 0.15) is 11.4 Å². The number of thiophene rings is 1. The Labute approximate surface area is 203 Å². The number of fused-ring (bicyclic) bond motifs is 1. The van der Waals surface area contributed by atoms with Gasteiger partial charge in [-0.1, -0.05) is 39.8 Å². The van der Waals surface area contributed by atoms with Crippen LogP contribution in [-0.2, 0) is 11.3 Å². The van der Waals surface area contributed by atoms with Gasteiger partial charge in [-0.05, 0) is 54.4 Å². The molecule has 2 unspecified atom stereocenters. The molecule has 7 nitrogen and oxygen atoms in total. The second-order valence-electron chi connectivity index (χ2n) is 9.90. The molecule has 0 aliphatic carbocycles. The van der Waals surface area contributed by atoms with Gasteiger partial charge in [0.25, 0.3) is 11.5 Å². The van der Waals surface area contributed by atoms with E-state index in [0.29, 0.717) is 44.1 Å². The van der Waals surface area contributed by atoms with Crippen LogP contribution in [0.1, 0.15) is 60.8 Å². The van der Waals surface area contributed by atoms with Crippen molar-refractivity contribution in [2.75, 3.05) is 18.4 Å². The lowest BCUT2D eigenvalue weighted by Crippen LogP contribution is -2.42. The van der Waals surface area contributed by atoms with E-state index < -0.39 is 0 Å². The van der Waals surface area contributed by atoms with Crippen molar-refractivity contribution in [2.45, 2.75) is 53.5 Å². The van der Waals surface area contributed by atoms with Gasteiger partial charge in [-0.25, -0.2) is 4.98 Å². The van der Waals surface area contributed by atoms with E-state index in [1.165, 1.54) is 27.8 Å². The van der Waals surface area contributed by atoms with Crippen molar-refractivity contribution in [3.63, 3.8) is 0 Å². The van der Waals surface area contributed by atoms with Gasteiger partial charge in [0.15, 0.2) is 0 Å². The molecule has 1 fully saturated rings. The normalized spacial score (nSPS) is 18.5. The molecular weight excluding hydrogens is 448 g/mol. The van der Waals surface area contributed by atoms with Crippen LogP contribution in [-0.4, -0.2) is 39.4 Å². The maximum Gasteiger partial charge on any atom is 0.264 e. The number of aryl methyl sites for hydroxylation is 1. The van der Waals surface area contributed by atoms with E-state index >= 15 is 0 Å². The quantitative estimate of drug-likeness (QED) is 0.576. The molecule has 0 bridgehead atoms. The first-order valence-electron chi connectivity index (χ1n) is 11.8. The number of hydrogen-bond donors (Lipinski definition) is 1. The number of hydrogen-bond acceptors (Lipinski definition) is 5. The highest BCUT2D eigenvalue weighted by Gasteiger charge is 2.29. The van der Waals surface area contributed by atoms with Gasteiger partial charge < -0.3 is 10.2 Å². The molecule has 180 valence electrons. The van der Waals surface area contributed by atoms with Crippen LogP contribution in [0.5, 0.6) is 0 Å². The van der Waals surface area contributed by atoms with Gasteiger partial charge in [-0.15, -0.1) is 11.3 Å². The molecule has 0 radical (unpaired) electrons. The first-order chi connectivity index (χ1) is 16.1. The van der Waals surface area contributed by atoms with Crippen LogP contribution in [0.2, 0.25) is 0 Å². The average molecular weight is 481 g/mol. The summed E-state index contributed by atoms with van der Waals surface area (Å²) in [7, 11) is 0. The van der Waals surface area contributed by atoms with E-state index in [1.807, 2.05) is 29.2 Å².